The maximum absolute atomic E-state index is 13.0. The van der Waals surface area contributed by atoms with E-state index in [1.165, 1.54) is 116 Å². The first-order chi connectivity index (χ1) is 40.0. The second kappa shape index (κ2) is 61.9. The average molecular weight is 1160 g/mol. The number of nitrogens with zero attached hydrogens (tertiary/aromatic N) is 1. The molecule has 0 heterocycles. The van der Waals surface area contributed by atoms with Crippen LogP contribution in [0.4, 0.5) is 0 Å². The lowest BCUT2D eigenvalue weighted by molar-refractivity contribution is -0.870. The number of unbranched alkanes of at least 4 members (excludes halogenated alkanes) is 24. The van der Waals surface area contributed by atoms with Gasteiger partial charge in [-0.1, -0.05) is 295 Å². The Balaban J connectivity index is 4.17. The van der Waals surface area contributed by atoms with Crippen molar-refractivity contribution in [3.05, 3.63) is 146 Å². The Morgan fingerprint density at radius 3 is 1.09 bits per heavy atom. The van der Waals surface area contributed by atoms with Crippen LogP contribution in [0.3, 0.4) is 0 Å². The molecule has 82 heavy (non-hydrogen) atoms. The van der Waals surface area contributed by atoms with Crippen LogP contribution >= 0.6 is 7.82 Å². The minimum absolute atomic E-state index is 0.0100. The van der Waals surface area contributed by atoms with E-state index in [0.29, 0.717) is 17.4 Å². The highest BCUT2D eigenvalue weighted by Crippen LogP contribution is 2.38. The molecule has 9 heteroatoms. The summed E-state index contributed by atoms with van der Waals surface area (Å²) in [6.45, 7) is 4.53. The standard InChI is InChI=1S/C73H125N2O6P/c1-6-8-10-12-14-16-18-20-22-24-26-27-28-29-30-31-32-33-34-35-36-37-38-39-40-41-42-43-44-45-46-47-49-51-53-55-57-59-61-63-65-67-73(77)74-71(70-81-82(78,79)80-69-68-75(3,4)5)72(76)66-64-62-60-58-56-54-52-50-48-25-23-21-19-17-15-13-11-9-7-2/h8,10,14,16,20,22,26-27,29-30,32-33,35-36,38-39,41-42,44-45,47,49,64,66,71-72,76H,6-7,9,11-13,15,17-19,21,23-25,28,31,34,37,40,43,46,48,50-63,65,67-70H2,1-5H3,(H-,74,77,78,79)/b10-8-,16-14-,22-20-,27-26-,30-29-,33-32-,36-35-,39-38-,42-41-,45-44-,49-47-,66-64+. The van der Waals surface area contributed by atoms with Crippen molar-refractivity contribution >= 4 is 13.7 Å². The largest absolute Gasteiger partial charge is 0.756 e. The van der Waals surface area contributed by atoms with Crippen LogP contribution in [0.25, 0.3) is 0 Å². The number of likely N-dealkylation sites (N-methyl/N-ethyl adjacent to an activating group) is 1. The van der Waals surface area contributed by atoms with Gasteiger partial charge in [0.2, 0.25) is 5.91 Å². The summed E-state index contributed by atoms with van der Waals surface area (Å²) in [5.41, 5.74) is 0. The van der Waals surface area contributed by atoms with Crippen molar-refractivity contribution < 1.29 is 32.9 Å². The van der Waals surface area contributed by atoms with Crippen molar-refractivity contribution in [3.8, 4) is 0 Å². The highest BCUT2D eigenvalue weighted by atomic mass is 31.2. The zero-order chi connectivity index (χ0) is 59.8. The van der Waals surface area contributed by atoms with Gasteiger partial charge in [-0.15, -0.1) is 0 Å². The lowest BCUT2D eigenvalue weighted by Crippen LogP contribution is -2.45. The maximum Gasteiger partial charge on any atom is 0.268 e. The molecule has 0 aromatic heterocycles. The Morgan fingerprint density at radius 1 is 0.439 bits per heavy atom. The van der Waals surface area contributed by atoms with E-state index < -0.39 is 26.6 Å². The quantitative estimate of drug-likeness (QED) is 0.0272. The molecule has 0 fully saturated rings. The third-order valence-corrected chi connectivity index (χ3v) is 15.0. The van der Waals surface area contributed by atoms with Gasteiger partial charge < -0.3 is 28.8 Å². The normalized spacial score (nSPS) is 14.7. The number of carbonyl (C=O) groups excluding carboxylic acids is 1. The van der Waals surface area contributed by atoms with Crippen molar-refractivity contribution in [2.45, 2.75) is 270 Å². The Bertz CT molecular complexity index is 1840. The van der Waals surface area contributed by atoms with Gasteiger partial charge in [-0.3, -0.25) is 9.36 Å². The Labute approximate surface area is 506 Å². The van der Waals surface area contributed by atoms with Gasteiger partial charge in [0.15, 0.2) is 0 Å². The number of hydrogen-bond donors (Lipinski definition) is 2. The molecule has 0 aromatic rings. The first kappa shape index (κ1) is 78.4. The van der Waals surface area contributed by atoms with E-state index in [2.05, 4.69) is 153 Å². The summed E-state index contributed by atoms with van der Waals surface area (Å²) in [7, 11) is 1.24. The van der Waals surface area contributed by atoms with Crippen molar-refractivity contribution in [3.63, 3.8) is 0 Å². The van der Waals surface area contributed by atoms with Crippen molar-refractivity contribution in [2.24, 2.45) is 0 Å². The molecule has 0 aliphatic heterocycles. The zero-order valence-electron chi connectivity index (χ0n) is 53.4. The van der Waals surface area contributed by atoms with Crippen molar-refractivity contribution in [1.82, 2.24) is 5.32 Å². The predicted molar refractivity (Wildman–Crippen MR) is 357 cm³/mol. The molecule has 0 aliphatic carbocycles. The molecular weight excluding hydrogens is 1030 g/mol. The molecule has 0 saturated carbocycles. The van der Waals surface area contributed by atoms with E-state index >= 15 is 0 Å². The molecule has 3 atom stereocenters. The van der Waals surface area contributed by atoms with Gasteiger partial charge in [0.05, 0.1) is 39.9 Å². The van der Waals surface area contributed by atoms with E-state index in [1.807, 2.05) is 27.2 Å². The van der Waals surface area contributed by atoms with E-state index in [4.69, 9.17) is 9.05 Å². The zero-order valence-corrected chi connectivity index (χ0v) is 54.3. The smallest absolute Gasteiger partial charge is 0.268 e. The molecule has 0 spiro atoms. The molecule has 8 nitrogen and oxygen atoms in total. The monoisotopic (exact) mass is 1160 g/mol. The summed E-state index contributed by atoms with van der Waals surface area (Å²) < 4.78 is 23.4. The summed E-state index contributed by atoms with van der Waals surface area (Å²) in [6.07, 6.45) is 95.1. The minimum atomic E-state index is -4.61. The molecule has 468 valence electrons. The fourth-order valence-electron chi connectivity index (χ4n) is 8.92. The van der Waals surface area contributed by atoms with Gasteiger partial charge in [0.25, 0.3) is 7.82 Å². The number of rotatable bonds is 59. The number of amides is 1. The average Bonchev–Trinajstić information content (AvgIpc) is 3.47. The topological polar surface area (TPSA) is 108 Å². The predicted octanol–water partition coefficient (Wildman–Crippen LogP) is 20.6. The second-order valence-electron chi connectivity index (χ2n) is 23.1. The lowest BCUT2D eigenvalue weighted by atomic mass is 10.0. The number of hydrogen-bond acceptors (Lipinski definition) is 6. The number of carbonyl (C=O) groups is 1. The Hall–Kier alpha value is -3.62. The van der Waals surface area contributed by atoms with Gasteiger partial charge in [-0.2, -0.15) is 0 Å². The highest BCUT2D eigenvalue weighted by Gasteiger charge is 2.23. The minimum Gasteiger partial charge on any atom is -0.756 e. The van der Waals surface area contributed by atoms with Gasteiger partial charge in [0, 0.05) is 6.42 Å². The molecule has 2 N–H and O–H groups in total. The SMILES string of the molecule is CC/C=C\C/C=C\C/C=C\C/C=C\C/C=C\C/C=C\C/C=C\C/C=C\C/C=C\C/C=C\C/C=C\CCCCCCCCCC(=O)NC(COP(=O)([O-])OCC[N+](C)(C)C)C(O)/C=C/CCCCCCCCCCCCCCCCCCC. The van der Waals surface area contributed by atoms with Crippen LogP contribution in [0.5, 0.6) is 0 Å². The van der Waals surface area contributed by atoms with Gasteiger partial charge >= 0.3 is 0 Å². The van der Waals surface area contributed by atoms with Crippen LogP contribution < -0.4 is 10.2 Å². The molecule has 0 aliphatic rings. The van der Waals surface area contributed by atoms with Gasteiger partial charge in [-0.05, 0) is 103 Å². The van der Waals surface area contributed by atoms with E-state index in [1.54, 1.807) is 6.08 Å². The van der Waals surface area contributed by atoms with Crippen LogP contribution in [-0.2, 0) is 18.4 Å². The van der Waals surface area contributed by atoms with Gasteiger partial charge in [0.1, 0.15) is 13.2 Å². The van der Waals surface area contributed by atoms with Crippen LogP contribution in [0.1, 0.15) is 258 Å². The third kappa shape index (κ3) is 64.0. The second-order valence-corrected chi connectivity index (χ2v) is 24.5. The molecular formula is C73H125N2O6P. The number of allylic oxidation sites excluding steroid dienone is 23. The third-order valence-electron chi connectivity index (χ3n) is 14.1. The Morgan fingerprint density at radius 2 is 0.744 bits per heavy atom. The van der Waals surface area contributed by atoms with E-state index in [9.17, 15) is 19.4 Å². The summed E-state index contributed by atoms with van der Waals surface area (Å²) in [4.78, 5) is 25.6. The molecule has 0 bridgehead atoms. The summed E-state index contributed by atoms with van der Waals surface area (Å²) in [5.74, 6) is -0.213. The fraction of sp³-hybridized carbons (Fsp3) is 0.658. The molecule has 0 saturated heterocycles. The lowest BCUT2D eigenvalue weighted by Gasteiger charge is -2.29. The number of nitrogens with one attached hydrogen (secondary N) is 1. The molecule has 0 rings (SSSR count). The van der Waals surface area contributed by atoms with E-state index in [0.717, 1.165) is 122 Å². The van der Waals surface area contributed by atoms with Crippen molar-refractivity contribution in [2.75, 3.05) is 40.9 Å². The number of aliphatic hydroxyl groups is 1. The maximum atomic E-state index is 13.0. The molecule has 1 amide bonds. The number of phosphoric ester groups is 1. The summed E-state index contributed by atoms with van der Waals surface area (Å²) in [6, 6.07) is -0.904. The first-order valence-electron chi connectivity index (χ1n) is 33.2. The number of aliphatic hydroxyl groups excluding tert-OH is 1. The molecule has 0 aromatic carbocycles. The number of phosphoric acid groups is 1. The van der Waals surface area contributed by atoms with Gasteiger partial charge in [-0.25, -0.2) is 0 Å². The van der Waals surface area contributed by atoms with E-state index in [-0.39, 0.29) is 12.5 Å². The summed E-state index contributed by atoms with van der Waals surface area (Å²) >= 11 is 0. The van der Waals surface area contributed by atoms with Crippen molar-refractivity contribution in [1.29, 1.82) is 0 Å². The van der Waals surface area contributed by atoms with Crippen LogP contribution in [-0.4, -0.2) is 68.5 Å². The number of quaternary nitrogens is 1. The Kier molecular flexibility index (Phi) is 59.2. The molecule has 0 radical (unpaired) electrons. The first-order valence-corrected chi connectivity index (χ1v) is 34.7. The molecule has 3 unspecified atom stereocenters. The fourth-order valence-corrected chi connectivity index (χ4v) is 9.65. The van der Waals surface area contributed by atoms with Crippen LogP contribution in [0.15, 0.2) is 146 Å². The summed E-state index contributed by atoms with van der Waals surface area (Å²) in [5, 5.41) is 13.9. The van der Waals surface area contributed by atoms with Crippen LogP contribution in [0, 0.1) is 0 Å². The highest BCUT2D eigenvalue weighted by molar-refractivity contribution is 7.45. The van der Waals surface area contributed by atoms with Crippen LogP contribution in [0.2, 0.25) is 0 Å².